The van der Waals surface area contributed by atoms with Gasteiger partial charge >= 0.3 is 5.97 Å². The predicted molar refractivity (Wildman–Crippen MR) is 81.6 cm³/mol. The highest BCUT2D eigenvalue weighted by Crippen LogP contribution is 2.27. The molecule has 1 aromatic heterocycles. The number of aryl methyl sites for hydroxylation is 1. The summed E-state index contributed by atoms with van der Waals surface area (Å²) in [5.74, 6) is 0.824. The molecular weight excluding hydrogens is 274 g/mol. The molecule has 0 spiro atoms. The molecule has 1 saturated heterocycles. The standard InChI is InChI=1S/C15H21NO3S/c1-4-19-15(18)14-10(2)8-13(17)16(11(14)3)9-12-6-5-7-20-12/h8,12H,4-7,9H2,1-3H3. The van der Waals surface area contributed by atoms with Crippen LogP contribution in [0.2, 0.25) is 0 Å². The molecule has 2 rings (SSSR count). The molecule has 1 atom stereocenters. The number of rotatable bonds is 4. The summed E-state index contributed by atoms with van der Waals surface area (Å²) >= 11 is 1.91. The average molecular weight is 295 g/mol. The van der Waals surface area contributed by atoms with E-state index in [2.05, 4.69) is 0 Å². The maximum atomic E-state index is 12.2. The highest BCUT2D eigenvalue weighted by atomic mass is 32.2. The fraction of sp³-hybridized carbons (Fsp3) is 0.600. The molecule has 1 fully saturated rings. The van der Waals surface area contributed by atoms with Gasteiger partial charge in [-0.3, -0.25) is 4.79 Å². The van der Waals surface area contributed by atoms with Crippen molar-refractivity contribution in [3.8, 4) is 0 Å². The van der Waals surface area contributed by atoms with Gasteiger partial charge in [-0.05, 0) is 44.9 Å². The molecule has 5 heteroatoms. The lowest BCUT2D eigenvalue weighted by atomic mass is 10.1. The largest absolute Gasteiger partial charge is 0.462 e. The Hall–Kier alpha value is -1.23. The molecular formula is C15H21NO3S. The summed E-state index contributed by atoms with van der Waals surface area (Å²) in [6.45, 7) is 6.43. The minimum Gasteiger partial charge on any atom is -0.462 e. The normalized spacial score (nSPS) is 18.2. The Morgan fingerprint density at radius 3 is 2.85 bits per heavy atom. The van der Waals surface area contributed by atoms with Gasteiger partial charge in [0.05, 0.1) is 12.2 Å². The van der Waals surface area contributed by atoms with Gasteiger partial charge in [0.15, 0.2) is 0 Å². The van der Waals surface area contributed by atoms with Gasteiger partial charge in [-0.15, -0.1) is 0 Å². The van der Waals surface area contributed by atoms with Crippen LogP contribution in [0.1, 0.15) is 41.4 Å². The molecule has 1 aromatic rings. The third-order valence-electron chi connectivity index (χ3n) is 3.66. The Kier molecular flexibility index (Phi) is 4.91. The van der Waals surface area contributed by atoms with Crippen LogP contribution in [0.5, 0.6) is 0 Å². The van der Waals surface area contributed by atoms with E-state index in [1.807, 2.05) is 18.7 Å². The molecule has 0 saturated carbocycles. The van der Waals surface area contributed by atoms with E-state index in [4.69, 9.17) is 4.74 Å². The van der Waals surface area contributed by atoms with E-state index in [-0.39, 0.29) is 11.5 Å². The molecule has 2 heterocycles. The number of hydrogen-bond acceptors (Lipinski definition) is 4. The van der Waals surface area contributed by atoms with Crippen molar-refractivity contribution in [1.29, 1.82) is 0 Å². The van der Waals surface area contributed by atoms with Crippen molar-refractivity contribution in [2.75, 3.05) is 12.4 Å². The minimum atomic E-state index is -0.338. The van der Waals surface area contributed by atoms with Crippen LogP contribution in [-0.4, -0.2) is 28.1 Å². The molecule has 0 bridgehead atoms. The van der Waals surface area contributed by atoms with Crippen LogP contribution in [-0.2, 0) is 11.3 Å². The first-order chi connectivity index (χ1) is 9.54. The van der Waals surface area contributed by atoms with Gasteiger partial charge in [0.25, 0.3) is 5.56 Å². The van der Waals surface area contributed by atoms with Crippen molar-refractivity contribution in [1.82, 2.24) is 4.57 Å². The molecule has 1 aliphatic heterocycles. The van der Waals surface area contributed by atoms with Gasteiger partial charge in [-0.2, -0.15) is 11.8 Å². The highest BCUT2D eigenvalue weighted by Gasteiger charge is 2.21. The van der Waals surface area contributed by atoms with Crippen molar-refractivity contribution >= 4 is 17.7 Å². The Bertz CT molecular complexity index is 559. The lowest BCUT2D eigenvalue weighted by Crippen LogP contribution is -2.29. The second kappa shape index (κ2) is 6.48. The first-order valence-corrected chi connectivity index (χ1v) is 8.09. The van der Waals surface area contributed by atoms with Crippen molar-refractivity contribution in [2.45, 2.75) is 45.4 Å². The molecule has 0 aromatic carbocycles. The van der Waals surface area contributed by atoms with Crippen molar-refractivity contribution in [3.63, 3.8) is 0 Å². The molecule has 0 radical (unpaired) electrons. The monoisotopic (exact) mass is 295 g/mol. The van der Waals surface area contributed by atoms with Crippen LogP contribution >= 0.6 is 11.8 Å². The van der Waals surface area contributed by atoms with Gasteiger partial charge in [-0.25, -0.2) is 4.79 Å². The predicted octanol–water partition coefficient (Wildman–Crippen LogP) is 2.54. The number of carbonyl (C=O) groups is 1. The number of thioether (sulfide) groups is 1. The van der Waals surface area contributed by atoms with Crippen molar-refractivity contribution in [2.24, 2.45) is 0 Å². The van der Waals surface area contributed by atoms with E-state index in [0.29, 0.717) is 29.5 Å². The first-order valence-electron chi connectivity index (χ1n) is 7.04. The number of hydrogen-bond donors (Lipinski definition) is 0. The Balaban J connectivity index is 2.38. The third kappa shape index (κ3) is 3.08. The number of aromatic nitrogens is 1. The fourth-order valence-electron chi connectivity index (χ4n) is 2.65. The zero-order valence-electron chi connectivity index (χ0n) is 12.3. The fourth-order valence-corrected chi connectivity index (χ4v) is 3.91. The molecule has 20 heavy (non-hydrogen) atoms. The first kappa shape index (κ1) is 15.2. The second-order valence-electron chi connectivity index (χ2n) is 5.09. The zero-order valence-corrected chi connectivity index (χ0v) is 13.1. The van der Waals surface area contributed by atoms with Crippen LogP contribution in [0, 0.1) is 13.8 Å². The molecule has 1 unspecified atom stereocenters. The van der Waals surface area contributed by atoms with Gasteiger partial charge in [0.1, 0.15) is 0 Å². The van der Waals surface area contributed by atoms with Crippen molar-refractivity contribution in [3.05, 3.63) is 33.2 Å². The molecule has 110 valence electrons. The molecule has 0 aliphatic carbocycles. The number of esters is 1. The van der Waals surface area contributed by atoms with E-state index < -0.39 is 0 Å². The Labute approximate surface area is 123 Å². The van der Waals surface area contributed by atoms with Gasteiger partial charge in [-0.1, -0.05) is 0 Å². The summed E-state index contributed by atoms with van der Waals surface area (Å²) in [5, 5.41) is 0.476. The molecule has 1 aliphatic rings. The summed E-state index contributed by atoms with van der Waals surface area (Å²) in [5.41, 5.74) is 1.93. The second-order valence-corrected chi connectivity index (χ2v) is 6.50. The molecule has 0 N–H and O–H groups in total. The Morgan fingerprint density at radius 2 is 2.25 bits per heavy atom. The number of ether oxygens (including phenoxy) is 1. The maximum Gasteiger partial charge on any atom is 0.340 e. The summed E-state index contributed by atoms with van der Waals surface area (Å²) in [4.78, 5) is 24.2. The topological polar surface area (TPSA) is 48.3 Å². The van der Waals surface area contributed by atoms with Gasteiger partial charge in [0, 0.05) is 23.6 Å². The van der Waals surface area contributed by atoms with Gasteiger partial charge in [0.2, 0.25) is 0 Å². The zero-order chi connectivity index (χ0) is 14.7. The number of carbonyl (C=O) groups excluding carboxylic acids is 1. The SMILES string of the molecule is CCOC(=O)c1c(C)cc(=O)n(CC2CCCS2)c1C. The maximum absolute atomic E-state index is 12.2. The lowest BCUT2D eigenvalue weighted by molar-refractivity contribution is 0.0523. The summed E-state index contributed by atoms with van der Waals surface area (Å²) in [7, 11) is 0. The van der Waals surface area contributed by atoms with E-state index in [9.17, 15) is 9.59 Å². The summed E-state index contributed by atoms with van der Waals surface area (Å²) in [6, 6.07) is 1.54. The smallest absolute Gasteiger partial charge is 0.340 e. The van der Waals surface area contributed by atoms with Crippen molar-refractivity contribution < 1.29 is 9.53 Å². The van der Waals surface area contributed by atoms with Crippen LogP contribution in [0.25, 0.3) is 0 Å². The van der Waals surface area contributed by atoms with Crippen LogP contribution in [0.15, 0.2) is 10.9 Å². The Morgan fingerprint density at radius 1 is 1.50 bits per heavy atom. The third-order valence-corrected chi connectivity index (χ3v) is 5.04. The molecule has 4 nitrogen and oxygen atoms in total. The number of pyridine rings is 1. The minimum absolute atomic E-state index is 0.0273. The average Bonchev–Trinajstić information content (AvgIpc) is 2.87. The highest BCUT2D eigenvalue weighted by molar-refractivity contribution is 8.00. The quantitative estimate of drug-likeness (QED) is 0.801. The van der Waals surface area contributed by atoms with E-state index >= 15 is 0 Å². The van der Waals surface area contributed by atoms with Crippen LogP contribution < -0.4 is 5.56 Å². The van der Waals surface area contributed by atoms with Gasteiger partial charge < -0.3 is 9.30 Å². The number of nitrogens with zero attached hydrogens (tertiary/aromatic N) is 1. The lowest BCUT2D eigenvalue weighted by Gasteiger charge is -2.18. The van der Waals surface area contributed by atoms with E-state index in [0.717, 1.165) is 17.9 Å². The van der Waals surface area contributed by atoms with E-state index in [1.165, 1.54) is 6.42 Å². The van der Waals surface area contributed by atoms with Crippen LogP contribution in [0.4, 0.5) is 0 Å². The van der Waals surface area contributed by atoms with Crippen LogP contribution in [0.3, 0.4) is 0 Å². The molecule has 0 amide bonds. The summed E-state index contributed by atoms with van der Waals surface area (Å²) in [6.07, 6.45) is 2.35. The van der Waals surface area contributed by atoms with E-state index in [1.54, 1.807) is 24.5 Å². The summed E-state index contributed by atoms with van der Waals surface area (Å²) < 4.78 is 6.82.